The van der Waals surface area contributed by atoms with Crippen molar-refractivity contribution in [3.8, 4) is 5.75 Å². The number of rotatable bonds is 1. The van der Waals surface area contributed by atoms with Crippen LogP contribution in [0.5, 0.6) is 5.75 Å². The molecule has 0 saturated heterocycles. The zero-order valence-electron chi connectivity index (χ0n) is 8.11. The van der Waals surface area contributed by atoms with Gasteiger partial charge in [-0.2, -0.15) is 0 Å². The second kappa shape index (κ2) is 2.75. The molecule has 0 fully saturated rings. The van der Waals surface area contributed by atoms with Crippen molar-refractivity contribution in [1.29, 1.82) is 0 Å². The fraction of sp³-hybridized carbons (Fsp3) is 0.273. The van der Waals surface area contributed by atoms with Crippen molar-refractivity contribution >= 4 is 11.0 Å². The molecule has 0 amide bonds. The molecule has 0 atom stereocenters. The van der Waals surface area contributed by atoms with Crippen LogP contribution in [0.1, 0.15) is 19.6 Å². The Morgan fingerprint density at radius 3 is 2.57 bits per heavy atom. The predicted molar refractivity (Wildman–Crippen MR) is 53.1 cm³/mol. The molecule has 0 spiro atoms. The van der Waals surface area contributed by atoms with E-state index in [9.17, 15) is 10.2 Å². The number of furan rings is 1. The molecule has 1 aromatic heterocycles. The van der Waals surface area contributed by atoms with Crippen molar-refractivity contribution in [2.75, 3.05) is 0 Å². The van der Waals surface area contributed by atoms with E-state index in [0.29, 0.717) is 11.3 Å². The Kier molecular flexibility index (Phi) is 1.79. The number of aliphatic hydroxyl groups is 1. The first-order valence-electron chi connectivity index (χ1n) is 4.42. The van der Waals surface area contributed by atoms with Crippen LogP contribution < -0.4 is 0 Å². The molecule has 0 radical (unpaired) electrons. The lowest BCUT2D eigenvalue weighted by atomic mass is 10.1. The summed E-state index contributed by atoms with van der Waals surface area (Å²) in [6.45, 7) is 3.31. The summed E-state index contributed by atoms with van der Waals surface area (Å²) in [5, 5.41) is 19.7. The lowest BCUT2D eigenvalue weighted by molar-refractivity contribution is 0.0559. The van der Waals surface area contributed by atoms with Gasteiger partial charge in [-0.3, -0.25) is 0 Å². The number of hydrogen-bond acceptors (Lipinski definition) is 3. The van der Waals surface area contributed by atoms with Gasteiger partial charge in [0.05, 0.1) is 0 Å². The third-order valence-corrected chi connectivity index (χ3v) is 2.10. The molecule has 2 rings (SSSR count). The van der Waals surface area contributed by atoms with E-state index < -0.39 is 5.60 Å². The SMILES string of the molecule is CC(C)(O)c1cc2cc(O)ccc2o1. The van der Waals surface area contributed by atoms with Crippen LogP contribution in [0.25, 0.3) is 11.0 Å². The fourth-order valence-corrected chi connectivity index (χ4v) is 1.33. The molecular formula is C11H12O3. The number of aromatic hydroxyl groups is 1. The first kappa shape index (κ1) is 9.09. The van der Waals surface area contributed by atoms with Crippen LogP contribution in [0.4, 0.5) is 0 Å². The highest BCUT2D eigenvalue weighted by Gasteiger charge is 2.20. The minimum atomic E-state index is -0.991. The fourth-order valence-electron chi connectivity index (χ4n) is 1.33. The van der Waals surface area contributed by atoms with Crippen LogP contribution in [-0.4, -0.2) is 10.2 Å². The molecule has 0 aliphatic heterocycles. The molecule has 0 unspecified atom stereocenters. The van der Waals surface area contributed by atoms with Gasteiger partial charge in [-0.05, 0) is 38.1 Å². The normalized spacial score (nSPS) is 12.2. The first-order chi connectivity index (χ1) is 6.47. The highest BCUT2D eigenvalue weighted by molar-refractivity contribution is 5.79. The third kappa shape index (κ3) is 1.46. The summed E-state index contributed by atoms with van der Waals surface area (Å²) in [4.78, 5) is 0. The van der Waals surface area contributed by atoms with Crippen LogP contribution in [0.2, 0.25) is 0 Å². The Morgan fingerprint density at radius 2 is 1.93 bits per heavy atom. The van der Waals surface area contributed by atoms with Crippen molar-refractivity contribution in [3.63, 3.8) is 0 Å². The van der Waals surface area contributed by atoms with Crippen molar-refractivity contribution in [2.24, 2.45) is 0 Å². The third-order valence-electron chi connectivity index (χ3n) is 2.10. The molecule has 1 heterocycles. The van der Waals surface area contributed by atoms with Gasteiger partial charge in [-0.1, -0.05) is 0 Å². The summed E-state index contributed by atoms with van der Waals surface area (Å²) in [6.07, 6.45) is 0. The largest absolute Gasteiger partial charge is 0.508 e. The molecule has 3 nitrogen and oxygen atoms in total. The van der Waals surface area contributed by atoms with Gasteiger partial charge in [0, 0.05) is 5.39 Å². The van der Waals surface area contributed by atoms with Gasteiger partial charge in [0.15, 0.2) is 0 Å². The van der Waals surface area contributed by atoms with E-state index in [0.717, 1.165) is 5.39 Å². The van der Waals surface area contributed by atoms with E-state index >= 15 is 0 Å². The van der Waals surface area contributed by atoms with Crippen LogP contribution in [-0.2, 0) is 5.60 Å². The molecular weight excluding hydrogens is 180 g/mol. The molecule has 1 aromatic carbocycles. The Morgan fingerprint density at radius 1 is 1.21 bits per heavy atom. The Balaban J connectivity index is 2.63. The van der Waals surface area contributed by atoms with Crippen molar-refractivity contribution in [1.82, 2.24) is 0 Å². The van der Waals surface area contributed by atoms with Gasteiger partial charge >= 0.3 is 0 Å². The summed E-state index contributed by atoms with van der Waals surface area (Å²) < 4.78 is 5.43. The molecule has 74 valence electrons. The van der Waals surface area contributed by atoms with E-state index in [-0.39, 0.29) is 5.75 Å². The van der Waals surface area contributed by atoms with E-state index in [1.807, 2.05) is 0 Å². The quantitative estimate of drug-likeness (QED) is 0.729. The minimum absolute atomic E-state index is 0.195. The number of hydrogen-bond donors (Lipinski definition) is 2. The van der Waals surface area contributed by atoms with Gasteiger partial charge in [0.25, 0.3) is 0 Å². The molecule has 14 heavy (non-hydrogen) atoms. The standard InChI is InChI=1S/C11H12O3/c1-11(2,13)10-6-7-5-8(12)3-4-9(7)14-10/h3-6,12-13H,1-2H3. The molecule has 2 aromatic rings. The van der Waals surface area contributed by atoms with E-state index in [4.69, 9.17) is 4.42 Å². The summed E-state index contributed by atoms with van der Waals surface area (Å²) in [7, 11) is 0. The van der Waals surface area contributed by atoms with Crippen LogP contribution >= 0.6 is 0 Å². The lowest BCUT2D eigenvalue weighted by Crippen LogP contribution is -2.13. The highest BCUT2D eigenvalue weighted by Crippen LogP contribution is 2.29. The molecule has 0 saturated carbocycles. The summed E-state index contributed by atoms with van der Waals surface area (Å²) in [5.41, 5.74) is -0.325. The smallest absolute Gasteiger partial charge is 0.136 e. The monoisotopic (exact) mass is 192 g/mol. The maximum atomic E-state index is 9.70. The van der Waals surface area contributed by atoms with Crippen molar-refractivity contribution in [2.45, 2.75) is 19.4 Å². The topological polar surface area (TPSA) is 53.6 Å². The van der Waals surface area contributed by atoms with E-state index in [2.05, 4.69) is 0 Å². The summed E-state index contributed by atoms with van der Waals surface area (Å²) >= 11 is 0. The summed E-state index contributed by atoms with van der Waals surface area (Å²) in [6, 6.07) is 6.57. The number of benzene rings is 1. The van der Waals surface area contributed by atoms with Gasteiger partial charge < -0.3 is 14.6 Å². The van der Waals surface area contributed by atoms with Crippen molar-refractivity contribution in [3.05, 3.63) is 30.0 Å². The zero-order valence-corrected chi connectivity index (χ0v) is 8.11. The molecule has 0 aliphatic carbocycles. The highest BCUT2D eigenvalue weighted by atomic mass is 16.4. The lowest BCUT2D eigenvalue weighted by Gasteiger charge is -2.12. The van der Waals surface area contributed by atoms with Crippen molar-refractivity contribution < 1.29 is 14.6 Å². The van der Waals surface area contributed by atoms with Crippen LogP contribution in [0.15, 0.2) is 28.7 Å². The average molecular weight is 192 g/mol. The molecule has 0 bridgehead atoms. The predicted octanol–water partition coefficient (Wildman–Crippen LogP) is 2.37. The second-order valence-corrected chi connectivity index (χ2v) is 3.89. The Labute approximate surface area is 81.6 Å². The van der Waals surface area contributed by atoms with Crippen LogP contribution in [0.3, 0.4) is 0 Å². The second-order valence-electron chi connectivity index (χ2n) is 3.89. The van der Waals surface area contributed by atoms with E-state index in [1.54, 1.807) is 38.1 Å². The maximum Gasteiger partial charge on any atom is 0.136 e. The first-order valence-corrected chi connectivity index (χ1v) is 4.42. The molecule has 2 N–H and O–H groups in total. The van der Waals surface area contributed by atoms with E-state index in [1.165, 1.54) is 0 Å². The zero-order chi connectivity index (χ0) is 10.3. The molecule has 3 heteroatoms. The number of fused-ring (bicyclic) bond motifs is 1. The minimum Gasteiger partial charge on any atom is -0.508 e. The molecule has 0 aliphatic rings. The Bertz CT molecular complexity index is 463. The van der Waals surface area contributed by atoms with Crippen LogP contribution in [0, 0.1) is 0 Å². The van der Waals surface area contributed by atoms with Gasteiger partial charge in [0.2, 0.25) is 0 Å². The van der Waals surface area contributed by atoms with Gasteiger partial charge in [0.1, 0.15) is 22.7 Å². The summed E-state index contributed by atoms with van der Waals surface area (Å²) in [5.74, 6) is 0.693. The maximum absolute atomic E-state index is 9.70. The van der Waals surface area contributed by atoms with Gasteiger partial charge in [-0.15, -0.1) is 0 Å². The Hall–Kier alpha value is -1.48. The number of phenolic OH excluding ortho intramolecular Hbond substituents is 1. The average Bonchev–Trinajstić information content (AvgIpc) is 2.45. The number of phenols is 1. The van der Waals surface area contributed by atoms with Gasteiger partial charge in [-0.25, -0.2) is 0 Å².